The second-order valence-electron chi connectivity index (χ2n) is 12.5. The molecule has 2 N–H and O–H groups in total. The third-order valence-corrected chi connectivity index (χ3v) is 12.0. The van der Waals surface area contributed by atoms with Gasteiger partial charge in [0, 0.05) is 29.3 Å². The van der Waals surface area contributed by atoms with E-state index < -0.39 is 37.6 Å². The van der Waals surface area contributed by atoms with Crippen LogP contribution >= 0.6 is 0 Å². The van der Waals surface area contributed by atoms with Gasteiger partial charge in [0.2, 0.25) is 5.91 Å². The number of amides is 3. The SMILES string of the molecule is C[C@H]1[C@H]([Si](C)(C)O)[C@@H](CC(=O)N2CCC[C@H]2CO)O[C@]12C(=O)N(Cc1ccccc1)c1ccc(N3CCOC3=O)cc12. The molecule has 0 aliphatic carbocycles. The van der Waals surface area contributed by atoms with E-state index in [4.69, 9.17) is 9.47 Å². The lowest BCUT2D eigenvalue weighted by atomic mass is 9.82. The van der Waals surface area contributed by atoms with Gasteiger partial charge in [-0.15, -0.1) is 0 Å². The van der Waals surface area contributed by atoms with Gasteiger partial charge in [-0.1, -0.05) is 37.3 Å². The standard InChI is InChI=1S/C31H39N3O7Si/c1-20-28(42(2,3)39)26(17-27(36)32-13-7-10-23(32)19-35)41-31(20)24-16-22(33-14-15-40-30(33)38)11-12-25(24)34(29(31)37)18-21-8-5-4-6-9-21/h4-6,8-9,11-12,16,20,23,26,28,35,39H,7,10,13-15,17-19H2,1-3H3/t20-,23-,26+,28-,31+/m0/s1. The second-order valence-corrected chi connectivity index (χ2v) is 16.4. The van der Waals surface area contributed by atoms with Crippen molar-refractivity contribution in [1.29, 1.82) is 0 Å². The van der Waals surface area contributed by atoms with Gasteiger partial charge >= 0.3 is 6.09 Å². The van der Waals surface area contributed by atoms with Gasteiger partial charge in [-0.3, -0.25) is 14.5 Å². The molecule has 4 aliphatic rings. The average molecular weight is 594 g/mol. The molecule has 10 nitrogen and oxygen atoms in total. The summed E-state index contributed by atoms with van der Waals surface area (Å²) in [6.45, 7) is 7.11. The lowest BCUT2D eigenvalue weighted by molar-refractivity contribution is -0.150. The highest BCUT2D eigenvalue weighted by Gasteiger charge is 2.66. The van der Waals surface area contributed by atoms with E-state index in [0.717, 1.165) is 18.4 Å². The number of ether oxygens (including phenoxy) is 2. The highest BCUT2D eigenvalue weighted by molar-refractivity contribution is 6.71. The van der Waals surface area contributed by atoms with Gasteiger partial charge < -0.3 is 29.2 Å². The molecule has 0 saturated carbocycles. The Balaban J connectivity index is 1.43. The van der Waals surface area contributed by atoms with Crippen LogP contribution in [0, 0.1) is 5.92 Å². The summed E-state index contributed by atoms with van der Waals surface area (Å²) in [5.41, 5.74) is 1.05. The van der Waals surface area contributed by atoms with Crippen LogP contribution in [0.2, 0.25) is 18.6 Å². The molecule has 0 unspecified atom stereocenters. The summed E-state index contributed by atoms with van der Waals surface area (Å²) < 4.78 is 12.0. The maximum absolute atomic E-state index is 14.7. The third-order valence-electron chi connectivity index (χ3n) is 9.51. The number of benzene rings is 2. The Morgan fingerprint density at radius 1 is 1.12 bits per heavy atom. The maximum Gasteiger partial charge on any atom is 0.414 e. The fraction of sp³-hybridized carbons (Fsp3) is 0.516. The number of rotatable bonds is 7. The van der Waals surface area contributed by atoms with E-state index in [-0.39, 0.29) is 37.5 Å². The molecule has 3 amide bonds. The van der Waals surface area contributed by atoms with E-state index in [1.807, 2.05) is 68.5 Å². The molecule has 5 atom stereocenters. The molecule has 224 valence electrons. The lowest BCUT2D eigenvalue weighted by Crippen LogP contribution is -2.46. The monoisotopic (exact) mass is 593 g/mol. The summed E-state index contributed by atoms with van der Waals surface area (Å²) in [5, 5.41) is 9.82. The number of fused-ring (bicyclic) bond motifs is 2. The molecule has 0 radical (unpaired) electrons. The molecule has 2 aromatic rings. The van der Waals surface area contributed by atoms with Crippen LogP contribution in [0.25, 0.3) is 0 Å². The number of aliphatic hydroxyl groups is 1. The Morgan fingerprint density at radius 3 is 2.55 bits per heavy atom. The molecule has 4 aliphatic heterocycles. The number of carbonyl (C=O) groups excluding carboxylic acids is 3. The van der Waals surface area contributed by atoms with Crippen LogP contribution in [0.5, 0.6) is 0 Å². The van der Waals surface area contributed by atoms with E-state index in [1.165, 1.54) is 0 Å². The zero-order valence-corrected chi connectivity index (χ0v) is 25.4. The fourth-order valence-corrected chi connectivity index (χ4v) is 10.2. The van der Waals surface area contributed by atoms with Crippen molar-refractivity contribution in [2.24, 2.45) is 5.92 Å². The van der Waals surface area contributed by atoms with Crippen molar-refractivity contribution in [2.75, 3.05) is 36.1 Å². The van der Waals surface area contributed by atoms with E-state index >= 15 is 0 Å². The number of nitrogens with zero attached hydrogens (tertiary/aromatic N) is 3. The highest BCUT2D eigenvalue weighted by atomic mass is 28.4. The first-order valence-electron chi connectivity index (χ1n) is 14.8. The van der Waals surface area contributed by atoms with Crippen molar-refractivity contribution in [2.45, 2.75) is 69.1 Å². The minimum atomic E-state index is -2.97. The predicted molar refractivity (Wildman–Crippen MR) is 158 cm³/mol. The minimum Gasteiger partial charge on any atom is -0.447 e. The van der Waals surface area contributed by atoms with Crippen LogP contribution in [-0.2, 0) is 31.2 Å². The molecule has 6 rings (SSSR count). The first-order chi connectivity index (χ1) is 20.1. The molecule has 2 aromatic carbocycles. The lowest BCUT2D eigenvalue weighted by Gasteiger charge is -2.33. The van der Waals surface area contributed by atoms with Crippen molar-refractivity contribution in [1.82, 2.24) is 4.90 Å². The van der Waals surface area contributed by atoms with Gasteiger partial charge in [-0.05, 0) is 49.7 Å². The van der Waals surface area contributed by atoms with Crippen molar-refractivity contribution >= 4 is 37.6 Å². The Hall–Kier alpha value is -3.25. The van der Waals surface area contributed by atoms with Crippen LogP contribution in [0.15, 0.2) is 48.5 Å². The Kier molecular flexibility index (Phi) is 7.41. The summed E-state index contributed by atoms with van der Waals surface area (Å²) in [4.78, 5) is 57.2. The number of hydrogen-bond acceptors (Lipinski definition) is 7. The maximum atomic E-state index is 14.7. The fourth-order valence-electron chi connectivity index (χ4n) is 7.63. The first kappa shape index (κ1) is 28.8. The van der Waals surface area contributed by atoms with Crippen LogP contribution in [-0.4, -0.2) is 79.5 Å². The topological polar surface area (TPSA) is 120 Å². The van der Waals surface area contributed by atoms with Crippen molar-refractivity contribution in [3.63, 3.8) is 0 Å². The van der Waals surface area contributed by atoms with Gasteiger partial charge in [0.15, 0.2) is 13.9 Å². The number of aliphatic hydroxyl groups excluding tert-OH is 1. The zero-order chi connectivity index (χ0) is 29.8. The molecule has 1 spiro atoms. The van der Waals surface area contributed by atoms with E-state index in [1.54, 1.807) is 14.7 Å². The Labute approximate surface area is 246 Å². The smallest absolute Gasteiger partial charge is 0.414 e. The molecule has 0 aromatic heterocycles. The summed E-state index contributed by atoms with van der Waals surface area (Å²) in [5.74, 6) is -0.811. The normalized spacial score (nSPS) is 29.1. The third kappa shape index (κ3) is 4.63. The van der Waals surface area contributed by atoms with Gasteiger partial charge in [0.1, 0.15) is 6.61 Å². The summed E-state index contributed by atoms with van der Waals surface area (Å²) in [6, 6.07) is 15.0. The first-order valence-corrected chi connectivity index (χ1v) is 17.8. The molecular weight excluding hydrogens is 554 g/mol. The van der Waals surface area contributed by atoms with Crippen LogP contribution in [0.3, 0.4) is 0 Å². The highest BCUT2D eigenvalue weighted by Crippen LogP contribution is 2.60. The second kappa shape index (κ2) is 10.8. The Morgan fingerprint density at radius 2 is 1.88 bits per heavy atom. The van der Waals surface area contributed by atoms with Crippen LogP contribution < -0.4 is 9.80 Å². The van der Waals surface area contributed by atoms with Gasteiger partial charge in [-0.2, -0.15) is 0 Å². The van der Waals surface area contributed by atoms with Crippen molar-refractivity contribution < 1.29 is 33.8 Å². The predicted octanol–water partition coefficient (Wildman–Crippen LogP) is 3.36. The van der Waals surface area contributed by atoms with Gasteiger partial charge in [0.25, 0.3) is 5.91 Å². The number of anilines is 2. The summed E-state index contributed by atoms with van der Waals surface area (Å²) in [6.07, 6.45) is 0.468. The minimum absolute atomic E-state index is 0.0175. The number of cyclic esters (lactones) is 1. The number of likely N-dealkylation sites (tertiary alicyclic amines) is 1. The van der Waals surface area contributed by atoms with Crippen LogP contribution in [0.4, 0.5) is 16.2 Å². The van der Waals surface area contributed by atoms with E-state index in [9.17, 15) is 24.3 Å². The van der Waals surface area contributed by atoms with E-state index in [0.29, 0.717) is 36.6 Å². The zero-order valence-electron chi connectivity index (χ0n) is 24.4. The van der Waals surface area contributed by atoms with Crippen molar-refractivity contribution in [3.05, 3.63) is 59.7 Å². The van der Waals surface area contributed by atoms with Crippen molar-refractivity contribution in [3.8, 4) is 0 Å². The summed E-state index contributed by atoms with van der Waals surface area (Å²) >= 11 is 0. The average Bonchev–Trinajstić information content (AvgIpc) is 3.72. The quantitative estimate of drug-likeness (QED) is 0.473. The van der Waals surface area contributed by atoms with E-state index in [2.05, 4.69) is 0 Å². The van der Waals surface area contributed by atoms with Gasteiger partial charge in [0.05, 0.1) is 44.0 Å². The Bertz CT molecular complexity index is 1380. The molecule has 3 fully saturated rings. The van der Waals surface area contributed by atoms with Crippen LogP contribution in [0.1, 0.15) is 37.3 Å². The molecule has 0 bridgehead atoms. The molecule has 3 saturated heterocycles. The number of hydrogen-bond donors (Lipinski definition) is 2. The molecule has 42 heavy (non-hydrogen) atoms. The molecular formula is C31H39N3O7Si. The molecule has 11 heteroatoms. The summed E-state index contributed by atoms with van der Waals surface area (Å²) in [7, 11) is -2.97. The van der Waals surface area contributed by atoms with Gasteiger partial charge in [-0.25, -0.2) is 4.79 Å². The largest absolute Gasteiger partial charge is 0.447 e. The molecule has 4 heterocycles. The number of carbonyl (C=O) groups is 3.